The Hall–Kier alpha value is -1.11. The molecule has 1 amide bonds. The predicted molar refractivity (Wildman–Crippen MR) is 68.1 cm³/mol. The van der Waals surface area contributed by atoms with Crippen molar-refractivity contribution < 1.29 is 14.7 Å². The van der Waals surface area contributed by atoms with E-state index in [2.05, 4.69) is 27.9 Å². The highest BCUT2D eigenvalue weighted by molar-refractivity contribution is 14.1. The fraction of sp³-hybridized carbons (Fsp3) is 0.273. The second kappa shape index (κ2) is 6.47. The number of hydrogen-bond acceptors (Lipinski definition) is 2. The average Bonchev–Trinajstić information content (AvgIpc) is 2.25. The molecule has 1 aromatic rings. The van der Waals surface area contributed by atoms with E-state index in [1.54, 1.807) is 0 Å². The van der Waals surface area contributed by atoms with E-state index in [1.165, 1.54) is 0 Å². The predicted octanol–water partition coefficient (Wildman–Crippen LogP) is 1.42. The molecule has 0 bridgehead atoms. The highest BCUT2D eigenvalue weighted by Gasteiger charge is 2.04. The van der Waals surface area contributed by atoms with Gasteiger partial charge in [0.25, 0.3) is 0 Å². The van der Waals surface area contributed by atoms with Gasteiger partial charge in [-0.15, -0.1) is 0 Å². The van der Waals surface area contributed by atoms with Crippen molar-refractivity contribution in [2.45, 2.75) is 12.8 Å². The van der Waals surface area contributed by atoms with E-state index in [9.17, 15) is 9.59 Å². The van der Waals surface area contributed by atoms with E-state index in [1.807, 2.05) is 24.3 Å². The van der Waals surface area contributed by atoms with Gasteiger partial charge in [0.2, 0.25) is 5.91 Å². The van der Waals surface area contributed by atoms with Gasteiger partial charge in [0, 0.05) is 9.99 Å². The van der Waals surface area contributed by atoms with Crippen LogP contribution in [0.3, 0.4) is 0 Å². The summed E-state index contributed by atoms with van der Waals surface area (Å²) >= 11 is 2.21. The van der Waals surface area contributed by atoms with Crippen LogP contribution in [-0.2, 0) is 16.0 Å². The second-order valence-electron chi connectivity index (χ2n) is 3.30. The zero-order valence-electron chi connectivity index (χ0n) is 8.57. The molecule has 2 N–H and O–H groups in total. The van der Waals surface area contributed by atoms with Crippen LogP contribution < -0.4 is 5.32 Å². The van der Waals surface area contributed by atoms with Gasteiger partial charge in [0.1, 0.15) is 6.54 Å². The fourth-order valence-corrected chi connectivity index (χ4v) is 1.53. The molecule has 0 fully saturated rings. The van der Waals surface area contributed by atoms with Gasteiger partial charge in [-0.25, -0.2) is 0 Å². The van der Waals surface area contributed by atoms with Gasteiger partial charge >= 0.3 is 5.97 Å². The smallest absolute Gasteiger partial charge is 0.322 e. The topological polar surface area (TPSA) is 66.4 Å². The van der Waals surface area contributed by atoms with Gasteiger partial charge in [-0.3, -0.25) is 9.59 Å². The summed E-state index contributed by atoms with van der Waals surface area (Å²) in [7, 11) is 0. The van der Waals surface area contributed by atoms with Crippen LogP contribution in [0, 0.1) is 3.57 Å². The van der Waals surface area contributed by atoms with Crippen LogP contribution in [-0.4, -0.2) is 23.5 Å². The van der Waals surface area contributed by atoms with Gasteiger partial charge < -0.3 is 10.4 Å². The minimum absolute atomic E-state index is 0.235. The SMILES string of the molecule is O=C(O)CNC(=O)CCc1ccc(I)cc1. The zero-order chi connectivity index (χ0) is 12.0. The van der Waals surface area contributed by atoms with Crippen molar-refractivity contribution in [3.05, 3.63) is 33.4 Å². The molecule has 0 unspecified atom stereocenters. The molecule has 86 valence electrons. The third-order valence-electron chi connectivity index (χ3n) is 1.99. The van der Waals surface area contributed by atoms with Crippen molar-refractivity contribution >= 4 is 34.5 Å². The third kappa shape index (κ3) is 5.11. The summed E-state index contributed by atoms with van der Waals surface area (Å²) in [4.78, 5) is 21.4. The Morgan fingerprint density at radius 2 is 1.88 bits per heavy atom. The lowest BCUT2D eigenvalue weighted by Gasteiger charge is -2.02. The van der Waals surface area contributed by atoms with Crippen LogP contribution >= 0.6 is 22.6 Å². The van der Waals surface area contributed by atoms with E-state index in [4.69, 9.17) is 5.11 Å². The molecular formula is C11H12INO3. The number of carbonyl (C=O) groups excluding carboxylic acids is 1. The van der Waals surface area contributed by atoms with Crippen LogP contribution in [0.4, 0.5) is 0 Å². The van der Waals surface area contributed by atoms with Crippen molar-refractivity contribution in [1.29, 1.82) is 0 Å². The summed E-state index contributed by atoms with van der Waals surface area (Å²) in [5.74, 6) is -1.26. The minimum atomic E-state index is -1.03. The molecule has 0 aromatic heterocycles. The first-order valence-corrected chi connectivity index (χ1v) is 5.89. The minimum Gasteiger partial charge on any atom is -0.480 e. The number of carboxylic acid groups (broad SMARTS) is 1. The molecule has 0 saturated carbocycles. The van der Waals surface area contributed by atoms with E-state index in [-0.39, 0.29) is 12.5 Å². The van der Waals surface area contributed by atoms with Crippen LogP contribution in [0.2, 0.25) is 0 Å². The largest absolute Gasteiger partial charge is 0.480 e. The normalized spacial score (nSPS) is 9.81. The van der Waals surface area contributed by atoms with Crippen molar-refractivity contribution in [1.82, 2.24) is 5.32 Å². The molecule has 0 radical (unpaired) electrons. The van der Waals surface area contributed by atoms with Crippen molar-refractivity contribution in [2.24, 2.45) is 0 Å². The Kier molecular flexibility index (Phi) is 5.24. The first kappa shape index (κ1) is 13.0. The van der Waals surface area contributed by atoms with E-state index in [0.717, 1.165) is 9.13 Å². The first-order valence-electron chi connectivity index (χ1n) is 4.81. The summed E-state index contributed by atoms with van der Waals surface area (Å²) in [6, 6.07) is 7.88. The monoisotopic (exact) mass is 333 g/mol. The molecule has 1 rings (SSSR count). The third-order valence-corrected chi connectivity index (χ3v) is 2.71. The lowest BCUT2D eigenvalue weighted by atomic mass is 10.1. The molecule has 0 aliphatic heterocycles. The van der Waals surface area contributed by atoms with E-state index in [0.29, 0.717) is 12.8 Å². The van der Waals surface area contributed by atoms with Crippen molar-refractivity contribution in [3.63, 3.8) is 0 Å². The molecule has 0 atom stereocenters. The Bertz CT molecular complexity index is 375. The highest BCUT2D eigenvalue weighted by atomic mass is 127. The number of carbonyl (C=O) groups is 2. The Balaban J connectivity index is 2.31. The molecule has 4 nitrogen and oxygen atoms in total. The lowest BCUT2D eigenvalue weighted by molar-refractivity contribution is -0.137. The fourth-order valence-electron chi connectivity index (χ4n) is 1.17. The molecule has 0 saturated heterocycles. The van der Waals surface area contributed by atoms with Gasteiger partial charge in [-0.05, 0) is 46.7 Å². The van der Waals surface area contributed by atoms with Crippen LogP contribution in [0.1, 0.15) is 12.0 Å². The lowest BCUT2D eigenvalue weighted by Crippen LogP contribution is -2.29. The molecule has 16 heavy (non-hydrogen) atoms. The molecule has 0 aliphatic rings. The van der Waals surface area contributed by atoms with Crippen LogP contribution in [0.25, 0.3) is 0 Å². The molecule has 1 aromatic carbocycles. The summed E-state index contributed by atoms with van der Waals surface area (Å²) in [6.45, 7) is -0.314. The molecule has 0 heterocycles. The number of nitrogens with one attached hydrogen (secondary N) is 1. The summed E-state index contributed by atoms with van der Waals surface area (Å²) in [6.07, 6.45) is 0.941. The van der Waals surface area contributed by atoms with Crippen LogP contribution in [0.15, 0.2) is 24.3 Å². The summed E-state index contributed by atoms with van der Waals surface area (Å²) < 4.78 is 1.15. The highest BCUT2D eigenvalue weighted by Crippen LogP contribution is 2.08. The quantitative estimate of drug-likeness (QED) is 0.801. The van der Waals surface area contributed by atoms with Gasteiger partial charge in [-0.2, -0.15) is 0 Å². The zero-order valence-corrected chi connectivity index (χ0v) is 10.7. The number of carboxylic acids is 1. The first-order chi connectivity index (χ1) is 7.58. The Morgan fingerprint density at radius 1 is 1.25 bits per heavy atom. The molecule has 5 heteroatoms. The number of rotatable bonds is 5. The standard InChI is InChI=1S/C11H12INO3/c12-9-4-1-8(2-5-9)3-6-10(14)13-7-11(15)16/h1-2,4-5H,3,6-7H2,(H,13,14)(H,15,16). The van der Waals surface area contributed by atoms with Gasteiger partial charge in [0.05, 0.1) is 0 Å². The molecule has 0 spiro atoms. The number of benzene rings is 1. The number of aryl methyl sites for hydroxylation is 1. The molecular weight excluding hydrogens is 321 g/mol. The van der Waals surface area contributed by atoms with E-state index >= 15 is 0 Å². The van der Waals surface area contributed by atoms with E-state index < -0.39 is 5.97 Å². The Morgan fingerprint density at radius 3 is 2.44 bits per heavy atom. The average molecular weight is 333 g/mol. The summed E-state index contributed by atoms with van der Waals surface area (Å²) in [5, 5.41) is 10.7. The number of hydrogen-bond donors (Lipinski definition) is 2. The Labute approximate surface area is 107 Å². The maximum Gasteiger partial charge on any atom is 0.322 e. The van der Waals surface area contributed by atoms with Crippen molar-refractivity contribution in [2.75, 3.05) is 6.54 Å². The maximum absolute atomic E-state index is 11.2. The van der Waals surface area contributed by atoms with Crippen LogP contribution in [0.5, 0.6) is 0 Å². The maximum atomic E-state index is 11.2. The molecule has 0 aliphatic carbocycles. The number of amides is 1. The van der Waals surface area contributed by atoms with Crippen molar-refractivity contribution in [3.8, 4) is 0 Å². The van der Waals surface area contributed by atoms with Gasteiger partial charge in [0.15, 0.2) is 0 Å². The van der Waals surface area contributed by atoms with Gasteiger partial charge in [-0.1, -0.05) is 12.1 Å². The second-order valence-corrected chi connectivity index (χ2v) is 4.54. The summed E-state index contributed by atoms with van der Waals surface area (Å²) in [5.41, 5.74) is 1.07. The number of halogens is 1. The number of aliphatic carboxylic acids is 1.